The predicted octanol–water partition coefficient (Wildman–Crippen LogP) is 0.806. The molecule has 0 radical (unpaired) electrons. The van der Waals surface area contributed by atoms with Crippen LogP contribution in [0.15, 0.2) is 47.8 Å². The minimum Gasteiger partial charge on any atom is -0.395 e. The van der Waals surface area contributed by atoms with Crippen LogP contribution in [0.2, 0.25) is 0 Å². The molecule has 1 fully saturated rings. The van der Waals surface area contributed by atoms with Crippen molar-refractivity contribution in [3.05, 3.63) is 48.5 Å². The fourth-order valence-electron chi connectivity index (χ4n) is 3.28. The Bertz CT molecular complexity index is 909. The van der Waals surface area contributed by atoms with Crippen LogP contribution in [0.5, 0.6) is 0 Å². The molecule has 1 atom stereocenters. The highest BCUT2D eigenvalue weighted by molar-refractivity contribution is 7.89. The van der Waals surface area contributed by atoms with Crippen LogP contribution in [-0.4, -0.2) is 77.4 Å². The average molecular weight is 420 g/mol. The second kappa shape index (κ2) is 9.40. The minimum atomic E-state index is -3.61. The molecule has 1 aliphatic rings. The number of nitrogens with zero attached hydrogens (tertiary/aromatic N) is 4. The van der Waals surface area contributed by atoms with Crippen LogP contribution in [0.3, 0.4) is 0 Å². The van der Waals surface area contributed by atoms with Crippen molar-refractivity contribution >= 4 is 21.6 Å². The van der Waals surface area contributed by atoms with Gasteiger partial charge in [-0.2, -0.15) is 4.31 Å². The Kier molecular flexibility index (Phi) is 6.91. The molecule has 1 aromatic carbocycles. The summed E-state index contributed by atoms with van der Waals surface area (Å²) in [6.07, 6.45) is 5.08. The van der Waals surface area contributed by atoms with Gasteiger partial charge in [0, 0.05) is 50.3 Å². The van der Waals surface area contributed by atoms with Crippen LogP contribution in [0.25, 0.3) is 0 Å². The van der Waals surface area contributed by atoms with Crippen molar-refractivity contribution in [2.24, 2.45) is 0 Å². The number of piperazine rings is 1. The van der Waals surface area contributed by atoms with E-state index in [9.17, 15) is 18.3 Å². The quantitative estimate of drug-likeness (QED) is 0.682. The summed E-state index contributed by atoms with van der Waals surface area (Å²) in [5, 5.41) is 12.1. The molecule has 1 saturated heterocycles. The molecule has 1 aromatic heterocycles. The topological polar surface area (TPSA) is 116 Å². The van der Waals surface area contributed by atoms with Crippen molar-refractivity contribution < 1.29 is 18.3 Å². The van der Waals surface area contributed by atoms with Crippen molar-refractivity contribution in [1.29, 1.82) is 0 Å². The van der Waals surface area contributed by atoms with Gasteiger partial charge in [-0.25, -0.2) is 13.4 Å². The lowest BCUT2D eigenvalue weighted by Crippen LogP contribution is -2.52. The summed E-state index contributed by atoms with van der Waals surface area (Å²) < 4.78 is 27.3. The average Bonchev–Trinajstić information content (AvgIpc) is 2.76. The number of benzene rings is 1. The molecule has 0 unspecified atom stereocenters. The van der Waals surface area contributed by atoms with Crippen molar-refractivity contribution in [3.63, 3.8) is 0 Å². The number of carbonyl (C=O) groups excluding carboxylic acids is 1. The molecule has 2 aromatic rings. The Morgan fingerprint density at radius 3 is 2.41 bits per heavy atom. The van der Waals surface area contributed by atoms with Gasteiger partial charge in [0.25, 0.3) is 5.91 Å². The van der Waals surface area contributed by atoms with Crippen LogP contribution in [0.4, 0.5) is 5.69 Å². The lowest BCUT2D eigenvalue weighted by Gasteiger charge is -2.37. The van der Waals surface area contributed by atoms with Gasteiger partial charge in [-0.05, 0) is 30.7 Å². The summed E-state index contributed by atoms with van der Waals surface area (Å²) in [5.41, 5.74) is 0.647. The zero-order valence-corrected chi connectivity index (χ0v) is 17.0. The summed E-state index contributed by atoms with van der Waals surface area (Å²) in [4.78, 5) is 22.2. The molecule has 0 spiro atoms. The zero-order chi connectivity index (χ0) is 20.9. The van der Waals surface area contributed by atoms with E-state index in [-0.39, 0.29) is 23.2 Å². The van der Waals surface area contributed by atoms with Crippen molar-refractivity contribution in [3.8, 4) is 0 Å². The maximum atomic E-state index is 12.9. The largest absolute Gasteiger partial charge is 0.395 e. The normalized spacial score (nSPS) is 17.0. The third kappa shape index (κ3) is 4.96. The predicted molar refractivity (Wildman–Crippen MR) is 108 cm³/mol. The molecule has 0 bridgehead atoms. The van der Waals surface area contributed by atoms with E-state index in [1.54, 1.807) is 12.1 Å². The second-order valence-electron chi connectivity index (χ2n) is 6.75. The molecular weight excluding hydrogens is 394 g/mol. The Morgan fingerprint density at radius 1 is 1.17 bits per heavy atom. The molecule has 1 amide bonds. The minimum absolute atomic E-state index is 0.0667. The van der Waals surface area contributed by atoms with E-state index >= 15 is 0 Å². The Labute approximate surface area is 170 Å². The fraction of sp³-hybridized carbons (Fsp3) is 0.421. The van der Waals surface area contributed by atoms with Crippen molar-refractivity contribution in [1.82, 2.24) is 19.2 Å². The summed E-state index contributed by atoms with van der Waals surface area (Å²) >= 11 is 0. The van der Waals surface area contributed by atoms with Gasteiger partial charge in [0.15, 0.2) is 0 Å². The standard InChI is InChI=1S/C19H25N5O4S/c1-2-16(14-25)23-9-11-24(12-10-23)29(27,28)17-5-3-15(4-6-17)22-19(26)18-13-20-7-8-21-18/h3-8,13,16,25H,2,9-12,14H2,1H3,(H,22,26)/t16-/m0/s1. The summed E-state index contributed by atoms with van der Waals surface area (Å²) in [7, 11) is -3.61. The summed E-state index contributed by atoms with van der Waals surface area (Å²) in [6.45, 7) is 4.02. The molecule has 0 saturated carbocycles. The van der Waals surface area contributed by atoms with Gasteiger partial charge >= 0.3 is 0 Å². The highest BCUT2D eigenvalue weighted by Crippen LogP contribution is 2.21. The third-order valence-electron chi connectivity index (χ3n) is 5.02. The highest BCUT2D eigenvalue weighted by atomic mass is 32.2. The molecule has 9 nitrogen and oxygen atoms in total. The van der Waals surface area contributed by atoms with Crippen molar-refractivity contribution in [2.45, 2.75) is 24.3 Å². The maximum absolute atomic E-state index is 12.9. The van der Waals surface area contributed by atoms with Crippen LogP contribution in [0, 0.1) is 0 Å². The number of aromatic nitrogens is 2. The lowest BCUT2D eigenvalue weighted by atomic mass is 10.2. The molecule has 2 heterocycles. The van der Waals surface area contributed by atoms with E-state index in [2.05, 4.69) is 20.2 Å². The number of aliphatic hydroxyl groups excluding tert-OH is 1. The van der Waals surface area contributed by atoms with Gasteiger partial charge in [0.1, 0.15) is 5.69 Å². The number of anilines is 1. The van der Waals surface area contributed by atoms with Gasteiger partial charge in [0.05, 0.1) is 17.7 Å². The fourth-order valence-corrected chi connectivity index (χ4v) is 4.70. The smallest absolute Gasteiger partial charge is 0.275 e. The first kappa shape index (κ1) is 21.3. The zero-order valence-electron chi connectivity index (χ0n) is 16.2. The van der Waals surface area contributed by atoms with E-state index in [0.29, 0.717) is 31.9 Å². The first-order chi connectivity index (χ1) is 14.0. The van der Waals surface area contributed by atoms with E-state index in [0.717, 1.165) is 6.42 Å². The number of amides is 1. The lowest BCUT2D eigenvalue weighted by molar-refractivity contribution is 0.0881. The number of nitrogens with one attached hydrogen (secondary N) is 1. The Morgan fingerprint density at radius 2 is 1.86 bits per heavy atom. The molecule has 156 valence electrons. The van der Waals surface area contributed by atoms with E-state index in [1.165, 1.54) is 35.0 Å². The number of sulfonamides is 1. The Balaban J connectivity index is 1.64. The summed E-state index contributed by atoms with van der Waals surface area (Å²) in [6, 6.07) is 6.14. The SMILES string of the molecule is CC[C@@H](CO)N1CCN(S(=O)(=O)c2ccc(NC(=O)c3cnccn3)cc2)CC1. The van der Waals surface area contributed by atoms with Crippen LogP contribution < -0.4 is 5.32 Å². The van der Waals surface area contributed by atoms with E-state index in [1.807, 2.05) is 6.92 Å². The molecule has 0 aliphatic carbocycles. The van der Waals surface area contributed by atoms with Crippen molar-refractivity contribution in [2.75, 3.05) is 38.1 Å². The molecule has 29 heavy (non-hydrogen) atoms. The third-order valence-corrected chi connectivity index (χ3v) is 6.93. The monoisotopic (exact) mass is 419 g/mol. The van der Waals surface area contributed by atoms with Gasteiger partial charge in [-0.3, -0.25) is 14.7 Å². The molecule has 1 aliphatic heterocycles. The second-order valence-corrected chi connectivity index (χ2v) is 8.69. The van der Waals surface area contributed by atoms with E-state index in [4.69, 9.17) is 0 Å². The molecular formula is C19H25N5O4S. The molecule has 3 rings (SSSR count). The van der Waals surface area contributed by atoms with E-state index < -0.39 is 15.9 Å². The highest BCUT2D eigenvalue weighted by Gasteiger charge is 2.30. The Hall–Kier alpha value is -2.40. The molecule has 2 N–H and O–H groups in total. The van der Waals surface area contributed by atoms with Crippen LogP contribution >= 0.6 is 0 Å². The van der Waals surface area contributed by atoms with Crippen LogP contribution in [-0.2, 0) is 10.0 Å². The number of rotatable bonds is 7. The first-order valence-corrected chi connectivity index (χ1v) is 10.9. The van der Waals surface area contributed by atoms with Gasteiger partial charge in [-0.15, -0.1) is 0 Å². The number of hydrogen-bond donors (Lipinski definition) is 2. The first-order valence-electron chi connectivity index (χ1n) is 9.48. The van der Waals surface area contributed by atoms with Gasteiger partial charge in [0.2, 0.25) is 10.0 Å². The summed E-state index contributed by atoms with van der Waals surface area (Å²) in [5.74, 6) is -0.417. The van der Waals surface area contributed by atoms with Gasteiger partial charge < -0.3 is 10.4 Å². The maximum Gasteiger partial charge on any atom is 0.275 e. The van der Waals surface area contributed by atoms with Crippen LogP contribution in [0.1, 0.15) is 23.8 Å². The molecule has 10 heteroatoms. The number of hydrogen-bond acceptors (Lipinski definition) is 7. The number of carbonyl (C=O) groups is 1. The van der Waals surface area contributed by atoms with Gasteiger partial charge in [-0.1, -0.05) is 6.92 Å². The number of aliphatic hydroxyl groups is 1.